The zero-order valence-electron chi connectivity index (χ0n) is 11.7. The van der Waals surface area contributed by atoms with Crippen molar-refractivity contribution in [3.63, 3.8) is 0 Å². The molecule has 0 saturated heterocycles. The Morgan fingerprint density at radius 3 is 2.62 bits per heavy atom. The third kappa shape index (κ3) is 2.69. The molecule has 0 spiro atoms. The summed E-state index contributed by atoms with van der Waals surface area (Å²) in [6.45, 7) is 2.78. The summed E-state index contributed by atoms with van der Waals surface area (Å²) in [5, 5.41) is 10.8. The fourth-order valence-electron chi connectivity index (χ4n) is 2.31. The minimum Gasteiger partial charge on any atom is -0.490 e. The highest BCUT2D eigenvalue weighted by Gasteiger charge is 2.28. The van der Waals surface area contributed by atoms with Crippen LogP contribution in [-0.4, -0.2) is 23.3 Å². The molecule has 1 aromatic carbocycles. The van der Waals surface area contributed by atoms with Gasteiger partial charge in [-0.3, -0.25) is 4.98 Å². The van der Waals surface area contributed by atoms with Crippen LogP contribution in [0.5, 0.6) is 11.5 Å². The van der Waals surface area contributed by atoms with E-state index in [-0.39, 0.29) is 0 Å². The number of aliphatic hydroxyl groups is 1. The second-order valence-electron chi connectivity index (χ2n) is 5.18. The Balaban J connectivity index is 2.01. The monoisotopic (exact) mass is 289 g/mol. The SMILES string of the molecule is CC(O)(c1cncc(F)c1)c1ccc2c(c1)OCCCO2. The molecule has 2 heterocycles. The summed E-state index contributed by atoms with van der Waals surface area (Å²) in [5.41, 5.74) is -0.379. The molecule has 1 atom stereocenters. The van der Waals surface area contributed by atoms with Gasteiger partial charge in [0.05, 0.1) is 19.4 Å². The summed E-state index contributed by atoms with van der Waals surface area (Å²) in [7, 11) is 0. The highest BCUT2D eigenvalue weighted by molar-refractivity contribution is 5.47. The van der Waals surface area contributed by atoms with Crippen LogP contribution in [0, 0.1) is 5.82 Å². The Hall–Kier alpha value is -2.14. The van der Waals surface area contributed by atoms with Crippen LogP contribution in [0.25, 0.3) is 0 Å². The fourth-order valence-corrected chi connectivity index (χ4v) is 2.31. The van der Waals surface area contributed by atoms with Crippen LogP contribution in [-0.2, 0) is 5.60 Å². The number of nitrogens with zero attached hydrogens (tertiary/aromatic N) is 1. The van der Waals surface area contributed by atoms with E-state index in [0.29, 0.717) is 35.8 Å². The first-order valence-corrected chi connectivity index (χ1v) is 6.81. The van der Waals surface area contributed by atoms with Gasteiger partial charge in [0.15, 0.2) is 11.5 Å². The van der Waals surface area contributed by atoms with Gasteiger partial charge in [-0.05, 0) is 30.7 Å². The first-order chi connectivity index (χ1) is 10.1. The number of benzene rings is 1. The molecule has 1 unspecified atom stereocenters. The average molecular weight is 289 g/mol. The van der Waals surface area contributed by atoms with Crippen molar-refractivity contribution in [3.8, 4) is 11.5 Å². The van der Waals surface area contributed by atoms with Crippen molar-refractivity contribution in [2.24, 2.45) is 0 Å². The summed E-state index contributed by atoms with van der Waals surface area (Å²) >= 11 is 0. The second kappa shape index (κ2) is 5.33. The number of ether oxygens (including phenoxy) is 2. The summed E-state index contributed by atoms with van der Waals surface area (Å²) in [4.78, 5) is 3.79. The van der Waals surface area contributed by atoms with Crippen LogP contribution in [0.1, 0.15) is 24.5 Å². The first-order valence-electron chi connectivity index (χ1n) is 6.81. The molecule has 1 aromatic heterocycles. The van der Waals surface area contributed by atoms with E-state index in [1.54, 1.807) is 25.1 Å². The van der Waals surface area contributed by atoms with Crippen molar-refractivity contribution >= 4 is 0 Å². The number of hydrogen-bond acceptors (Lipinski definition) is 4. The van der Waals surface area contributed by atoms with Crippen molar-refractivity contribution in [2.45, 2.75) is 18.9 Å². The van der Waals surface area contributed by atoms with Crippen LogP contribution < -0.4 is 9.47 Å². The molecule has 0 radical (unpaired) electrons. The number of fused-ring (bicyclic) bond motifs is 1. The average Bonchev–Trinajstić information content (AvgIpc) is 2.71. The van der Waals surface area contributed by atoms with E-state index in [1.165, 1.54) is 12.3 Å². The predicted molar refractivity (Wildman–Crippen MR) is 74.9 cm³/mol. The lowest BCUT2D eigenvalue weighted by molar-refractivity contribution is 0.101. The summed E-state index contributed by atoms with van der Waals surface area (Å²) in [6, 6.07) is 6.51. The lowest BCUT2D eigenvalue weighted by Gasteiger charge is -2.25. The van der Waals surface area contributed by atoms with E-state index in [2.05, 4.69) is 4.98 Å². The van der Waals surface area contributed by atoms with Gasteiger partial charge in [-0.15, -0.1) is 0 Å². The third-order valence-electron chi connectivity index (χ3n) is 3.58. The highest BCUT2D eigenvalue weighted by atomic mass is 19.1. The smallest absolute Gasteiger partial charge is 0.161 e. The number of pyridine rings is 1. The fraction of sp³-hybridized carbons (Fsp3) is 0.312. The highest BCUT2D eigenvalue weighted by Crippen LogP contribution is 2.36. The topological polar surface area (TPSA) is 51.6 Å². The largest absolute Gasteiger partial charge is 0.490 e. The van der Waals surface area contributed by atoms with Gasteiger partial charge in [0.25, 0.3) is 0 Å². The second-order valence-corrected chi connectivity index (χ2v) is 5.18. The molecule has 110 valence electrons. The Bertz CT molecular complexity index is 658. The number of aromatic nitrogens is 1. The predicted octanol–water partition coefficient (Wildman–Crippen LogP) is 2.64. The molecule has 21 heavy (non-hydrogen) atoms. The maximum atomic E-state index is 13.3. The molecular formula is C16H16FNO3. The summed E-state index contributed by atoms with van der Waals surface area (Å²) in [6.07, 6.45) is 3.37. The van der Waals surface area contributed by atoms with Crippen LogP contribution in [0.4, 0.5) is 4.39 Å². The zero-order valence-corrected chi connectivity index (χ0v) is 11.7. The van der Waals surface area contributed by atoms with E-state index in [1.807, 2.05) is 0 Å². The molecule has 0 saturated carbocycles. The van der Waals surface area contributed by atoms with Crippen LogP contribution in [0.3, 0.4) is 0 Å². The molecule has 0 fully saturated rings. The van der Waals surface area contributed by atoms with Crippen molar-refractivity contribution in [2.75, 3.05) is 13.2 Å². The van der Waals surface area contributed by atoms with Gasteiger partial charge in [-0.2, -0.15) is 0 Å². The van der Waals surface area contributed by atoms with Gasteiger partial charge >= 0.3 is 0 Å². The minimum atomic E-state index is -1.36. The maximum absolute atomic E-state index is 13.3. The van der Waals surface area contributed by atoms with Crippen molar-refractivity contribution < 1.29 is 19.0 Å². The third-order valence-corrected chi connectivity index (χ3v) is 3.58. The molecule has 2 aromatic rings. The van der Waals surface area contributed by atoms with Gasteiger partial charge in [0, 0.05) is 18.2 Å². The lowest BCUT2D eigenvalue weighted by Crippen LogP contribution is -2.23. The Morgan fingerprint density at radius 1 is 1.10 bits per heavy atom. The van der Waals surface area contributed by atoms with Gasteiger partial charge in [-0.1, -0.05) is 6.07 Å². The van der Waals surface area contributed by atoms with Crippen molar-refractivity contribution in [1.82, 2.24) is 4.98 Å². The lowest BCUT2D eigenvalue weighted by atomic mass is 9.89. The van der Waals surface area contributed by atoms with Crippen LogP contribution in [0.15, 0.2) is 36.7 Å². The zero-order chi connectivity index (χ0) is 14.9. The molecular weight excluding hydrogens is 273 g/mol. The van der Waals surface area contributed by atoms with Gasteiger partial charge in [0.2, 0.25) is 0 Å². The molecule has 0 bridgehead atoms. The van der Waals surface area contributed by atoms with Crippen molar-refractivity contribution in [1.29, 1.82) is 0 Å². The van der Waals surface area contributed by atoms with E-state index < -0.39 is 11.4 Å². The molecule has 1 aliphatic heterocycles. The number of hydrogen-bond donors (Lipinski definition) is 1. The van der Waals surface area contributed by atoms with Crippen LogP contribution >= 0.6 is 0 Å². The molecule has 4 nitrogen and oxygen atoms in total. The molecule has 5 heteroatoms. The normalized spacial score (nSPS) is 16.9. The van der Waals surface area contributed by atoms with Gasteiger partial charge in [0.1, 0.15) is 11.4 Å². The van der Waals surface area contributed by atoms with E-state index in [9.17, 15) is 9.50 Å². The molecule has 3 rings (SSSR count). The molecule has 0 aliphatic carbocycles. The first kappa shape index (κ1) is 13.8. The van der Waals surface area contributed by atoms with E-state index >= 15 is 0 Å². The summed E-state index contributed by atoms with van der Waals surface area (Å²) < 4.78 is 24.5. The van der Waals surface area contributed by atoms with Crippen molar-refractivity contribution in [3.05, 3.63) is 53.6 Å². The molecule has 1 aliphatic rings. The van der Waals surface area contributed by atoms with Gasteiger partial charge in [-0.25, -0.2) is 4.39 Å². The standard InChI is InChI=1S/C16H16FNO3/c1-16(19,12-7-13(17)10-18-9-12)11-3-4-14-15(8-11)21-6-2-5-20-14/h3-4,7-10,19H,2,5-6H2,1H3. The Morgan fingerprint density at radius 2 is 1.86 bits per heavy atom. The Labute approximate surface area is 122 Å². The maximum Gasteiger partial charge on any atom is 0.161 e. The minimum absolute atomic E-state index is 0.386. The molecule has 0 amide bonds. The quantitative estimate of drug-likeness (QED) is 0.923. The van der Waals surface area contributed by atoms with E-state index in [0.717, 1.165) is 12.6 Å². The Kier molecular flexibility index (Phi) is 3.51. The number of rotatable bonds is 2. The number of halogens is 1. The van der Waals surface area contributed by atoms with Gasteiger partial charge < -0.3 is 14.6 Å². The molecule has 1 N–H and O–H groups in total. The summed E-state index contributed by atoms with van der Waals surface area (Å²) in [5.74, 6) is 0.765. The van der Waals surface area contributed by atoms with Crippen LogP contribution in [0.2, 0.25) is 0 Å². The van der Waals surface area contributed by atoms with E-state index in [4.69, 9.17) is 9.47 Å².